The summed E-state index contributed by atoms with van der Waals surface area (Å²) in [6.07, 6.45) is 3.67. The number of rotatable bonds is 2. The van der Waals surface area contributed by atoms with E-state index in [-0.39, 0.29) is 5.56 Å². The third-order valence-corrected chi connectivity index (χ3v) is 3.24. The molecule has 98 valence electrons. The van der Waals surface area contributed by atoms with Gasteiger partial charge in [-0.1, -0.05) is 48.5 Å². The number of fused-ring (bicyclic) bond motifs is 1. The van der Waals surface area contributed by atoms with Gasteiger partial charge < -0.3 is 4.57 Å². The van der Waals surface area contributed by atoms with Gasteiger partial charge in [-0.25, -0.2) is 4.98 Å². The van der Waals surface area contributed by atoms with Crippen LogP contribution in [0.2, 0.25) is 0 Å². The van der Waals surface area contributed by atoms with E-state index in [9.17, 15) is 4.79 Å². The molecule has 3 rings (SSSR count). The molecular formula is C17H14N2O. The summed E-state index contributed by atoms with van der Waals surface area (Å²) in [5, 5.41) is 0. The summed E-state index contributed by atoms with van der Waals surface area (Å²) < 4.78 is 1.63. The van der Waals surface area contributed by atoms with Crippen LogP contribution in [-0.2, 0) is 7.05 Å². The molecule has 0 aliphatic heterocycles. The van der Waals surface area contributed by atoms with Gasteiger partial charge in [0.1, 0.15) is 5.69 Å². The van der Waals surface area contributed by atoms with Gasteiger partial charge >= 0.3 is 0 Å². The highest BCUT2D eigenvalue weighted by Gasteiger charge is 2.05. The summed E-state index contributed by atoms with van der Waals surface area (Å²) in [6, 6.07) is 17.5. The predicted octanol–water partition coefficient (Wildman–Crippen LogP) is 3.10. The molecule has 0 saturated carbocycles. The highest BCUT2D eigenvalue weighted by molar-refractivity contribution is 5.77. The number of benzene rings is 2. The van der Waals surface area contributed by atoms with Crippen LogP contribution in [0.4, 0.5) is 0 Å². The van der Waals surface area contributed by atoms with Crippen molar-refractivity contribution < 1.29 is 0 Å². The van der Waals surface area contributed by atoms with Crippen LogP contribution in [0.15, 0.2) is 59.4 Å². The van der Waals surface area contributed by atoms with Crippen molar-refractivity contribution in [2.45, 2.75) is 0 Å². The molecule has 0 amide bonds. The molecule has 20 heavy (non-hydrogen) atoms. The molecule has 3 nitrogen and oxygen atoms in total. The van der Waals surface area contributed by atoms with Crippen molar-refractivity contribution in [2.24, 2.45) is 7.05 Å². The van der Waals surface area contributed by atoms with E-state index in [0.29, 0.717) is 5.69 Å². The summed E-state index contributed by atoms with van der Waals surface area (Å²) in [7, 11) is 1.77. The third-order valence-electron chi connectivity index (χ3n) is 3.24. The SMILES string of the molecule is Cn1c(=O)c(/C=C\c2ccccc2)nc2ccccc21. The maximum atomic E-state index is 12.3. The second-order valence-corrected chi connectivity index (χ2v) is 4.59. The maximum Gasteiger partial charge on any atom is 0.276 e. The fraction of sp³-hybridized carbons (Fsp3) is 0.0588. The zero-order valence-corrected chi connectivity index (χ0v) is 11.2. The Morgan fingerprint density at radius 1 is 0.950 bits per heavy atom. The topological polar surface area (TPSA) is 34.9 Å². The highest BCUT2D eigenvalue weighted by atomic mass is 16.1. The fourth-order valence-corrected chi connectivity index (χ4v) is 2.15. The average molecular weight is 262 g/mol. The van der Waals surface area contributed by atoms with Gasteiger partial charge in [0, 0.05) is 7.05 Å². The summed E-state index contributed by atoms with van der Waals surface area (Å²) >= 11 is 0. The minimum Gasteiger partial charge on any atom is -0.308 e. The molecule has 0 unspecified atom stereocenters. The number of aromatic nitrogens is 2. The molecule has 3 aromatic rings. The Morgan fingerprint density at radius 2 is 1.65 bits per heavy atom. The molecule has 0 bridgehead atoms. The van der Waals surface area contributed by atoms with Crippen LogP contribution < -0.4 is 5.56 Å². The number of hydrogen-bond acceptors (Lipinski definition) is 2. The lowest BCUT2D eigenvalue weighted by molar-refractivity contribution is 0.887. The molecule has 0 fully saturated rings. The van der Waals surface area contributed by atoms with E-state index in [1.54, 1.807) is 17.7 Å². The summed E-state index contributed by atoms with van der Waals surface area (Å²) in [6.45, 7) is 0. The molecule has 0 spiro atoms. The van der Waals surface area contributed by atoms with Crippen LogP contribution in [0.5, 0.6) is 0 Å². The Balaban J connectivity index is 2.11. The normalized spacial score (nSPS) is 11.2. The van der Waals surface area contributed by atoms with Crippen LogP contribution in [-0.4, -0.2) is 9.55 Å². The molecule has 0 atom stereocenters. The minimum absolute atomic E-state index is 0.0871. The molecule has 0 aliphatic carbocycles. The number of nitrogens with zero attached hydrogens (tertiary/aromatic N) is 2. The van der Waals surface area contributed by atoms with E-state index in [1.807, 2.05) is 60.7 Å². The van der Waals surface area contributed by atoms with Gasteiger partial charge in [0.15, 0.2) is 0 Å². The number of aryl methyl sites for hydroxylation is 1. The van der Waals surface area contributed by atoms with Crippen molar-refractivity contribution in [3.8, 4) is 0 Å². The maximum absolute atomic E-state index is 12.3. The Hall–Kier alpha value is -2.68. The minimum atomic E-state index is -0.0871. The van der Waals surface area contributed by atoms with Crippen LogP contribution in [0.1, 0.15) is 11.3 Å². The van der Waals surface area contributed by atoms with E-state index in [2.05, 4.69) is 4.98 Å². The first-order valence-corrected chi connectivity index (χ1v) is 6.44. The molecule has 0 N–H and O–H groups in total. The van der Waals surface area contributed by atoms with Crippen molar-refractivity contribution in [1.29, 1.82) is 0 Å². The molecule has 0 radical (unpaired) electrons. The van der Waals surface area contributed by atoms with Crippen molar-refractivity contribution in [3.05, 3.63) is 76.2 Å². The lowest BCUT2D eigenvalue weighted by atomic mass is 10.2. The fourth-order valence-electron chi connectivity index (χ4n) is 2.15. The largest absolute Gasteiger partial charge is 0.308 e. The standard InChI is InChI=1S/C17H14N2O/c1-19-16-10-6-5-9-14(16)18-15(17(19)20)12-11-13-7-3-2-4-8-13/h2-12H,1H3/b12-11-. The zero-order valence-electron chi connectivity index (χ0n) is 11.2. The van der Waals surface area contributed by atoms with Gasteiger partial charge in [0.25, 0.3) is 5.56 Å². The Morgan fingerprint density at radius 3 is 2.45 bits per heavy atom. The van der Waals surface area contributed by atoms with Gasteiger partial charge in [-0.05, 0) is 23.8 Å². The van der Waals surface area contributed by atoms with Crippen molar-refractivity contribution >= 4 is 23.2 Å². The first-order valence-electron chi connectivity index (χ1n) is 6.44. The highest BCUT2D eigenvalue weighted by Crippen LogP contribution is 2.10. The Labute approximate surface area is 116 Å². The van der Waals surface area contributed by atoms with Crippen LogP contribution in [0.3, 0.4) is 0 Å². The lowest BCUT2D eigenvalue weighted by Crippen LogP contribution is -2.21. The van der Waals surface area contributed by atoms with Crippen LogP contribution in [0.25, 0.3) is 23.2 Å². The summed E-state index contributed by atoms with van der Waals surface area (Å²) in [5.41, 5.74) is 3.08. The molecule has 0 aliphatic rings. The first kappa shape index (κ1) is 12.4. The molecule has 1 aromatic heterocycles. The molecular weight excluding hydrogens is 248 g/mol. The van der Waals surface area contributed by atoms with Gasteiger partial charge in [0.2, 0.25) is 0 Å². The Kier molecular flexibility index (Phi) is 3.17. The van der Waals surface area contributed by atoms with Gasteiger partial charge in [-0.15, -0.1) is 0 Å². The van der Waals surface area contributed by atoms with E-state index in [4.69, 9.17) is 0 Å². The summed E-state index contributed by atoms with van der Waals surface area (Å²) in [4.78, 5) is 16.7. The Bertz CT molecular complexity index is 832. The average Bonchev–Trinajstić information content (AvgIpc) is 2.50. The molecule has 3 heteroatoms. The van der Waals surface area contributed by atoms with Crippen molar-refractivity contribution in [3.63, 3.8) is 0 Å². The molecule has 1 heterocycles. The van der Waals surface area contributed by atoms with Crippen LogP contribution in [0, 0.1) is 0 Å². The van der Waals surface area contributed by atoms with Gasteiger partial charge in [-0.3, -0.25) is 4.79 Å². The van der Waals surface area contributed by atoms with E-state index in [1.165, 1.54) is 0 Å². The van der Waals surface area contributed by atoms with Crippen LogP contribution >= 0.6 is 0 Å². The van der Waals surface area contributed by atoms with E-state index in [0.717, 1.165) is 16.6 Å². The molecule has 2 aromatic carbocycles. The number of hydrogen-bond donors (Lipinski definition) is 0. The second-order valence-electron chi connectivity index (χ2n) is 4.59. The first-order chi connectivity index (χ1) is 9.75. The quantitative estimate of drug-likeness (QED) is 0.711. The lowest BCUT2D eigenvalue weighted by Gasteiger charge is -2.05. The zero-order chi connectivity index (χ0) is 13.9. The van der Waals surface area contributed by atoms with Gasteiger partial charge in [0.05, 0.1) is 11.0 Å². The smallest absolute Gasteiger partial charge is 0.276 e. The van der Waals surface area contributed by atoms with Gasteiger partial charge in [-0.2, -0.15) is 0 Å². The monoisotopic (exact) mass is 262 g/mol. The predicted molar refractivity (Wildman–Crippen MR) is 82.4 cm³/mol. The van der Waals surface area contributed by atoms with Crippen molar-refractivity contribution in [1.82, 2.24) is 9.55 Å². The third kappa shape index (κ3) is 2.26. The summed E-state index contributed by atoms with van der Waals surface area (Å²) in [5.74, 6) is 0. The molecule has 0 saturated heterocycles. The van der Waals surface area contributed by atoms with E-state index < -0.39 is 0 Å². The number of para-hydroxylation sites is 2. The van der Waals surface area contributed by atoms with Crippen molar-refractivity contribution in [2.75, 3.05) is 0 Å². The van der Waals surface area contributed by atoms with E-state index >= 15 is 0 Å². The second kappa shape index (κ2) is 5.13.